The Kier molecular flexibility index (Phi) is 5.01. The van der Waals surface area contributed by atoms with Gasteiger partial charge in [0.2, 0.25) is 5.91 Å². The Morgan fingerprint density at radius 1 is 1.28 bits per heavy atom. The fraction of sp³-hybridized carbons (Fsp3) is 0.929. The molecule has 18 heavy (non-hydrogen) atoms. The zero-order chi connectivity index (χ0) is 13.0. The first-order valence-electron chi connectivity index (χ1n) is 7.29. The molecule has 1 aliphatic heterocycles. The maximum absolute atomic E-state index is 12.5. The third-order valence-electron chi connectivity index (χ3n) is 4.41. The first-order chi connectivity index (χ1) is 8.72. The van der Waals surface area contributed by atoms with Crippen LogP contribution in [0.2, 0.25) is 0 Å². The number of hydrogen-bond acceptors (Lipinski definition) is 3. The van der Waals surface area contributed by atoms with Crippen LogP contribution < -0.4 is 5.73 Å². The summed E-state index contributed by atoms with van der Waals surface area (Å²) in [6.07, 6.45) is 6.97. The van der Waals surface area contributed by atoms with Gasteiger partial charge in [-0.25, -0.2) is 0 Å². The normalized spacial score (nSPS) is 32.4. The molecule has 104 valence electrons. The van der Waals surface area contributed by atoms with Gasteiger partial charge in [0.15, 0.2) is 0 Å². The summed E-state index contributed by atoms with van der Waals surface area (Å²) < 4.78 is 5.60. The van der Waals surface area contributed by atoms with E-state index in [4.69, 9.17) is 10.5 Å². The summed E-state index contributed by atoms with van der Waals surface area (Å²) >= 11 is 0. The van der Waals surface area contributed by atoms with Gasteiger partial charge in [-0.3, -0.25) is 4.79 Å². The second-order valence-electron chi connectivity index (χ2n) is 5.74. The van der Waals surface area contributed by atoms with Crippen molar-refractivity contribution in [2.75, 3.05) is 26.7 Å². The Labute approximate surface area is 110 Å². The molecule has 2 aliphatic rings. The van der Waals surface area contributed by atoms with Gasteiger partial charge in [0.1, 0.15) is 0 Å². The van der Waals surface area contributed by atoms with Gasteiger partial charge in [0.25, 0.3) is 0 Å². The van der Waals surface area contributed by atoms with Crippen LogP contribution in [0.5, 0.6) is 0 Å². The highest BCUT2D eigenvalue weighted by Crippen LogP contribution is 2.30. The van der Waals surface area contributed by atoms with Gasteiger partial charge >= 0.3 is 0 Å². The van der Waals surface area contributed by atoms with Crippen LogP contribution in [0.25, 0.3) is 0 Å². The monoisotopic (exact) mass is 254 g/mol. The zero-order valence-electron chi connectivity index (χ0n) is 11.4. The molecular weight excluding hydrogens is 228 g/mol. The highest BCUT2D eigenvalue weighted by molar-refractivity contribution is 5.79. The molecule has 1 heterocycles. The van der Waals surface area contributed by atoms with Gasteiger partial charge < -0.3 is 15.4 Å². The molecule has 1 saturated carbocycles. The maximum atomic E-state index is 12.5. The molecule has 2 rings (SSSR count). The van der Waals surface area contributed by atoms with Crippen LogP contribution in [0.1, 0.15) is 38.5 Å². The van der Waals surface area contributed by atoms with Crippen molar-refractivity contribution < 1.29 is 9.53 Å². The Morgan fingerprint density at radius 2 is 2.06 bits per heavy atom. The molecule has 0 radical (unpaired) electrons. The Bertz CT molecular complexity index is 277. The van der Waals surface area contributed by atoms with Crippen LogP contribution in [-0.2, 0) is 9.53 Å². The van der Waals surface area contributed by atoms with Gasteiger partial charge in [0.05, 0.1) is 6.10 Å². The number of likely N-dealkylation sites (N-methyl/N-ethyl adjacent to an activating group) is 1. The third kappa shape index (κ3) is 3.23. The molecule has 3 atom stereocenters. The van der Waals surface area contributed by atoms with E-state index in [0.29, 0.717) is 12.5 Å². The smallest absolute Gasteiger partial charge is 0.225 e. The first kappa shape index (κ1) is 13.8. The van der Waals surface area contributed by atoms with Gasteiger partial charge in [-0.05, 0) is 38.1 Å². The van der Waals surface area contributed by atoms with Crippen molar-refractivity contribution in [3.8, 4) is 0 Å². The average Bonchev–Trinajstić information content (AvgIpc) is 2.90. The van der Waals surface area contributed by atoms with Crippen molar-refractivity contribution in [1.29, 1.82) is 0 Å². The standard InChI is InChI=1S/C14H26N2O2/c1-16(10-12-6-4-8-18-12)14(17)13-7-3-2-5-11(13)9-15/h11-13H,2-10,15H2,1H3. The molecule has 1 saturated heterocycles. The molecule has 0 spiro atoms. The molecule has 0 aromatic rings. The number of nitrogens with zero attached hydrogens (tertiary/aromatic N) is 1. The van der Waals surface area contributed by atoms with Crippen molar-refractivity contribution in [3.05, 3.63) is 0 Å². The lowest BCUT2D eigenvalue weighted by Crippen LogP contribution is -2.43. The summed E-state index contributed by atoms with van der Waals surface area (Å²) in [6, 6.07) is 0. The van der Waals surface area contributed by atoms with Crippen LogP contribution in [0.4, 0.5) is 0 Å². The predicted molar refractivity (Wildman–Crippen MR) is 71.1 cm³/mol. The molecule has 3 unspecified atom stereocenters. The van der Waals surface area contributed by atoms with Crippen LogP contribution in [0.15, 0.2) is 0 Å². The lowest BCUT2D eigenvalue weighted by atomic mass is 9.78. The van der Waals surface area contributed by atoms with Crippen molar-refractivity contribution in [1.82, 2.24) is 4.90 Å². The van der Waals surface area contributed by atoms with E-state index >= 15 is 0 Å². The molecular formula is C14H26N2O2. The molecule has 4 nitrogen and oxygen atoms in total. The summed E-state index contributed by atoms with van der Waals surface area (Å²) in [4.78, 5) is 14.3. The van der Waals surface area contributed by atoms with E-state index in [1.54, 1.807) is 0 Å². The summed E-state index contributed by atoms with van der Waals surface area (Å²) in [7, 11) is 1.91. The number of carbonyl (C=O) groups is 1. The predicted octanol–water partition coefficient (Wildman–Crippen LogP) is 1.39. The molecule has 1 amide bonds. The number of rotatable bonds is 4. The van der Waals surface area contributed by atoms with E-state index in [9.17, 15) is 4.79 Å². The molecule has 4 heteroatoms. The maximum Gasteiger partial charge on any atom is 0.225 e. The van der Waals surface area contributed by atoms with Crippen LogP contribution in [-0.4, -0.2) is 43.7 Å². The highest BCUT2D eigenvalue weighted by atomic mass is 16.5. The SMILES string of the molecule is CN(CC1CCCO1)C(=O)C1CCCCC1CN. The third-order valence-corrected chi connectivity index (χ3v) is 4.41. The number of carbonyl (C=O) groups excluding carboxylic acids is 1. The quantitative estimate of drug-likeness (QED) is 0.825. The minimum absolute atomic E-state index is 0.148. The van der Waals surface area contributed by atoms with E-state index in [-0.39, 0.29) is 17.9 Å². The summed E-state index contributed by atoms with van der Waals surface area (Å²) in [5, 5.41) is 0. The van der Waals surface area contributed by atoms with Gasteiger partial charge in [-0.2, -0.15) is 0 Å². The van der Waals surface area contributed by atoms with Gasteiger partial charge in [0, 0.05) is 26.1 Å². The molecule has 0 aromatic carbocycles. The lowest BCUT2D eigenvalue weighted by molar-refractivity contribution is -0.138. The number of nitrogens with two attached hydrogens (primary N) is 1. The largest absolute Gasteiger partial charge is 0.376 e. The van der Waals surface area contributed by atoms with Crippen molar-refractivity contribution >= 4 is 5.91 Å². The Hall–Kier alpha value is -0.610. The number of hydrogen-bond donors (Lipinski definition) is 1. The van der Waals surface area contributed by atoms with E-state index in [2.05, 4.69) is 0 Å². The molecule has 2 fully saturated rings. The van der Waals surface area contributed by atoms with Crippen LogP contribution in [0, 0.1) is 11.8 Å². The van der Waals surface area contributed by atoms with E-state index in [1.807, 2.05) is 11.9 Å². The van der Waals surface area contributed by atoms with E-state index in [1.165, 1.54) is 12.8 Å². The summed E-state index contributed by atoms with van der Waals surface area (Å²) in [6.45, 7) is 2.23. The fourth-order valence-electron chi connectivity index (χ4n) is 3.28. The second kappa shape index (κ2) is 6.53. The summed E-state index contributed by atoms with van der Waals surface area (Å²) in [5.74, 6) is 0.814. The molecule has 1 aliphatic carbocycles. The van der Waals surface area contributed by atoms with Crippen molar-refractivity contribution in [2.45, 2.75) is 44.6 Å². The van der Waals surface area contributed by atoms with Crippen LogP contribution >= 0.6 is 0 Å². The Balaban J connectivity index is 1.87. The Morgan fingerprint density at radius 3 is 2.72 bits per heavy atom. The van der Waals surface area contributed by atoms with Gasteiger partial charge in [-0.15, -0.1) is 0 Å². The number of ether oxygens (including phenoxy) is 1. The molecule has 2 N–H and O–H groups in total. The van der Waals surface area contributed by atoms with E-state index in [0.717, 1.165) is 38.8 Å². The van der Waals surface area contributed by atoms with Crippen LogP contribution in [0.3, 0.4) is 0 Å². The minimum atomic E-state index is 0.148. The van der Waals surface area contributed by atoms with Crippen molar-refractivity contribution in [3.63, 3.8) is 0 Å². The average molecular weight is 254 g/mol. The zero-order valence-corrected chi connectivity index (χ0v) is 11.4. The molecule has 0 aromatic heterocycles. The lowest BCUT2D eigenvalue weighted by Gasteiger charge is -2.33. The minimum Gasteiger partial charge on any atom is -0.376 e. The topological polar surface area (TPSA) is 55.6 Å². The number of amides is 1. The molecule has 0 bridgehead atoms. The fourth-order valence-corrected chi connectivity index (χ4v) is 3.28. The first-order valence-corrected chi connectivity index (χ1v) is 7.29. The van der Waals surface area contributed by atoms with Crippen molar-refractivity contribution in [2.24, 2.45) is 17.6 Å². The van der Waals surface area contributed by atoms with E-state index < -0.39 is 0 Å². The highest BCUT2D eigenvalue weighted by Gasteiger charge is 2.32. The van der Waals surface area contributed by atoms with Gasteiger partial charge in [-0.1, -0.05) is 12.8 Å². The second-order valence-corrected chi connectivity index (χ2v) is 5.74. The summed E-state index contributed by atoms with van der Waals surface area (Å²) in [5.41, 5.74) is 5.80.